The first kappa shape index (κ1) is 15.0. The molecular weight excluding hydrogens is 250 g/mol. The molecule has 0 bridgehead atoms. The summed E-state index contributed by atoms with van der Waals surface area (Å²) in [6.07, 6.45) is 1.79. The number of rotatable bonds is 7. The normalized spacial score (nSPS) is 12.2. The van der Waals surface area contributed by atoms with Gasteiger partial charge in [0.25, 0.3) is 5.56 Å². The summed E-state index contributed by atoms with van der Waals surface area (Å²) in [6, 6.07) is 0. The van der Waals surface area contributed by atoms with Crippen molar-refractivity contribution in [3.63, 3.8) is 0 Å². The first-order valence-corrected chi connectivity index (χ1v) is 6.04. The molecule has 1 aromatic heterocycles. The van der Waals surface area contributed by atoms with E-state index in [0.717, 1.165) is 0 Å². The van der Waals surface area contributed by atoms with Crippen LogP contribution in [0.2, 0.25) is 0 Å². The van der Waals surface area contributed by atoms with Gasteiger partial charge in [0.1, 0.15) is 0 Å². The number of methoxy groups -OCH3 is 1. The van der Waals surface area contributed by atoms with Gasteiger partial charge < -0.3 is 20.1 Å². The average Bonchev–Trinajstić information content (AvgIpc) is 2.33. The van der Waals surface area contributed by atoms with Gasteiger partial charge in [0.15, 0.2) is 5.82 Å². The van der Waals surface area contributed by atoms with E-state index in [1.807, 2.05) is 13.8 Å². The maximum atomic E-state index is 11.5. The fraction of sp³-hybridized carbons (Fsp3) is 0.583. The molecule has 0 fully saturated rings. The Bertz CT molecular complexity index is 484. The highest BCUT2D eigenvalue weighted by molar-refractivity contribution is 5.70. The fourth-order valence-corrected chi connectivity index (χ4v) is 1.76. The lowest BCUT2D eigenvalue weighted by molar-refractivity contribution is -0.141. The Kier molecular flexibility index (Phi) is 5.35. The van der Waals surface area contributed by atoms with Gasteiger partial charge >= 0.3 is 5.97 Å². The summed E-state index contributed by atoms with van der Waals surface area (Å²) in [6.45, 7) is 4.12. The molecule has 0 spiro atoms. The monoisotopic (exact) mass is 269 g/mol. The van der Waals surface area contributed by atoms with Crippen LogP contribution in [0.25, 0.3) is 0 Å². The molecule has 0 amide bonds. The van der Waals surface area contributed by atoms with Crippen molar-refractivity contribution in [1.82, 2.24) is 9.97 Å². The predicted octanol–water partition coefficient (Wildman–Crippen LogP) is 0.937. The minimum atomic E-state index is -0.870. The second kappa shape index (κ2) is 6.77. The number of aromatic nitrogens is 2. The van der Waals surface area contributed by atoms with E-state index >= 15 is 0 Å². The van der Waals surface area contributed by atoms with Gasteiger partial charge in [-0.15, -0.1) is 0 Å². The Morgan fingerprint density at radius 2 is 2.26 bits per heavy atom. The molecule has 0 saturated heterocycles. The zero-order valence-electron chi connectivity index (χ0n) is 11.3. The Balaban J connectivity index is 2.77. The third-order valence-electron chi connectivity index (χ3n) is 2.64. The summed E-state index contributed by atoms with van der Waals surface area (Å²) in [4.78, 5) is 28.9. The van der Waals surface area contributed by atoms with E-state index in [4.69, 9.17) is 9.84 Å². The molecule has 19 heavy (non-hydrogen) atoms. The molecule has 106 valence electrons. The third-order valence-corrected chi connectivity index (χ3v) is 2.64. The second-order valence-electron chi connectivity index (χ2n) is 4.66. The van der Waals surface area contributed by atoms with Crippen molar-refractivity contribution in [2.75, 3.05) is 19.0 Å². The van der Waals surface area contributed by atoms with Crippen LogP contribution in [-0.4, -0.2) is 34.7 Å². The number of hydrogen-bond acceptors (Lipinski definition) is 5. The van der Waals surface area contributed by atoms with Crippen LogP contribution in [0.5, 0.6) is 5.75 Å². The molecule has 3 N–H and O–H groups in total. The molecule has 0 aromatic carbocycles. The number of anilines is 1. The molecule has 0 aliphatic carbocycles. The zero-order valence-corrected chi connectivity index (χ0v) is 11.3. The molecule has 1 aromatic rings. The van der Waals surface area contributed by atoms with Gasteiger partial charge in [0.05, 0.1) is 19.4 Å². The molecule has 1 heterocycles. The first-order valence-electron chi connectivity index (χ1n) is 6.04. The van der Waals surface area contributed by atoms with Crippen LogP contribution in [0.4, 0.5) is 5.82 Å². The molecular formula is C12H19N3O4. The van der Waals surface area contributed by atoms with Crippen molar-refractivity contribution in [2.24, 2.45) is 11.8 Å². The minimum absolute atomic E-state index is 0.0520. The molecule has 0 aliphatic rings. The van der Waals surface area contributed by atoms with Gasteiger partial charge in [-0.3, -0.25) is 9.59 Å². The summed E-state index contributed by atoms with van der Waals surface area (Å²) >= 11 is 0. The molecule has 7 nitrogen and oxygen atoms in total. The van der Waals surface area contributed by atoms with E-state index in [2.05, 4.69) is 15.3 Å². The molecule has 1 unspecified atom stereocenters. The Morgan fingerprint density at radius 1 is 1.58 bits per heavy atom. The summed E-state index contributed by atoms with van der Waals surface area (Å²) in [7, 11) is 1.36. The molecule has 0 aliphatic heterocycles. The second-order valence-corrected chi connectivity index (χ2v) is 4.66. The Hall–Kier alpha value is -2.05. The van der Waals surface area contributed by atoms with Gasteiger partial charge in [-0.2, -0.15) is 0 Å². The number of carboxylic acid groups (broad SMARTS) is 1. The van der Waals surface area contributed by atoms with Gasteiger partial charge in [-0.25, -0.2) is 4.98 Å². The Labute approximate surface area is 111 Å². The fourth-order valence-electron chi connectivity index (χ4n) is 1.76. The Morgan fingerprint density at radius 3 is 2.79 bits per heavy atom. The molecule has 1 atom stereocenters. The molecule has 1 rings (SSSR count). The third kappa shape index (κ3) is 4.27. The summed E-state index contributed by atoms with van der Waals surface area (Å²) in [5, 5.41) is 12.0. The van der Waals surface area contributed by atoms with E-state index < -0.39 is 17.4 Å². The minimum Gasteiger partial charge on any atom is -0.489 e. The number of hydrogen-bond donors (Lipinski definition) is 3. The van der Waals surface area contributed by atoms with Crippen LogP contribution in [0.1, 0.15) is 20.3 Å². The number of nitrogens with one attached hydrogen (secondary N) is 2. The smallest absolute Gasteiger partial charge is 0.308 e. The molecule has 7 heteroatoms. The highest BCUT2D eigenvalue weighted by Crippen LogP contribution is 2.17. The number of carboxylic acids is 1. The van der Waals surface area contributed by atoms with Crippen molar-refractivity contribution < 1.29 is 14.6 Å². The predicted molar refractivity (Wildman–Crippen MR) is 70.5 cm³/mol. The standard InChI is InChI=1S/C12H19N3O4/c1-7(2)4-8(12(17)18)5-13-10-9(19-3)11(16)15-6-14-10/h6-8H,4-5H2,1-3H3,(H,17,18)(H2,13,14,15,16). The highest BCUT2D eigenvalue weighted by atomic mass is 16.5. The molecule has 0 saturated carbocycles. The van der Waals surface area contributed by atoms with E-state index in [0.29, 0.717) is 6.42 Å². The van der Waals surface area contributed by atoms with Crippen LogP contribution in [0.3, 0.4) is 0 Å². The topological polar surface area (TPSA) is 104 Å². The van der Waals surface area contributed by atoms with Crippen LogP contribution in [-0.2, 0) is 4.79 Å². The van der Waals surface area contributed by atoms with Gasteiger partial charge in [-0.05, 0) is 12.3 Å². The lowest BCUT2D eigenvalue weighted by Crippen LogP contribution is -2.25. The summed E-state index contributed by atoms with van der Waals surface area (Å²) in [5.74, 6) is -0.829. The number of aliphatic carboxylic acids is 1. The largest absolute Gasteiger partial charge is 0.489 e. The lowest BCUT2D eigenvalue weighted by Gasteiger charge is -2.16. The van der Waals surface area contributed by atoms with E-state index in [-0.39, 0.29) is 24.0 Å². The number of nitrogens with zero attached hydrogens (tertiary/aromatic N) is 1. The van der Waals surface area contributed by atoms with Crippen molar-refractivity contribution >= 4 is 11.8 Å². The molecule has 0 radical (unpaired) electrons. The maximum absolute atomic E-state index is 11.5. The van der Waals surface area contributed by atoms with Crippen molar-refractivity contribution in [3.8, 4) is 5.75 Å². The average molecular weight is 269 g/mol. The number of carbonyl (C=O) groups is 1. The zero-order chi connectivity index (χ0) is 14.4. The van der Waals surface area contributed by atoms with E-state index in [1.165, 1.54) is 13.4 Å². The van der Waals surface area contributed by atoms with Gasteiger partial charge in [0.2, 0.25) is 5.75 Å². The van der Waals surface area contributed by atoms with Crippen LogP contribution < -0.4 is 15.6 Å². The number of aromatic amines is 1. The van der Waals surface area contributed by atoms with Crippen molar-refractivity contribution in [2.45, 2.75) is 20.3 Å². The van der Waals surface area contributed by atoms with E-state index in [9.17, 15) is 9.59 Å². The van der Waals surface area contributed by atoms with Crippen LogP contribution in [0.15, 0.2) is 11.1 Å². The lowest BCUT2D eigenvalue weighted by atomic mass is 9.97. The SMILES string of the molecule is COc1c(NCC(CC(C)C)C(=O)O)nc[nH]c1=O. The quantitative estimate of drug-likeness (QED) is 0.680. The number of ether oxygens (including phenoxy) is 1. The van der Waals surface area contributed by atoms with E-state index in [1.54, 1.807) is 0 Å². The first-order chi connectivity index (χ1) is 8.95. The van der Waals surface area contributed by atoms with Gasteiger partial charge in [-0.1, -0.05) is 13.8 Å². The van der Waals surface area contributed by atoms with Gasteiger partial charge in [0, 0.05) is 6.54 Å². The summed E-state index contributed by atoms with van der Waals surface area (Å²) < 4.78 is 4.93. The van der Waals surface area contributed by atoms with Crippen molar-refractivity contribution in [3.05, 3.63) is 16.7 Å². The van der Waals surface area contributed by atoms with Crippen LogP contribution >= 0.6 is 0 Å². The highest BCUT2D eigenvalue weighted by Gasteiger charge is 2.20. The maximum Gasteiger partial charge on any atom is 0.308 e. The van der Waals surface area contributed by atoms with Crippen LogP contribution in [0, 0.1) is 11.8 Å². The number of H-pyrrole nitrogens is 1. The summed E-state index contributed by atoms with van der Waals surface area (Å²) in [5.41, 5.74) is -0.407. The van der Waals surface area contributed by atoms with Crippen molar-refractivity contribution in [1.29, 1.82) is 0 Å².